The van der Waals surface area contributed by atoms with Crippen LogP contribution in [0.3, 0.4) is 0 Å². The van der Waals surface area contributed by atoms with Crippen molar-refractivity contribution in [1.82, 2.24) is 0 Å². The lowest BCUT2D eigenvalue weighted by Gasteiger charge is -2.19. The Morgan fingerprint density at radius 3 is 2.28 bits per heavy atom. The number of hydrogen-bond acceptors (Lipinski definition) is 4. The van der Waals surface area contributed by atoms with Crippen molar-refractivity contribution in [1.29, 1.82) is 0 Å². The van der Waals surface area contributed by atoms with Crippen LogP contribution in [0.2, 0.25) is 0 Å². The molecule has 0 atom stereocenters. The zero-order valence-electron chi connectivity index (χ0n) is 10.4. The number of benzene rings is 1. The molecular formula is C11H15BrFO4P. The fourth-order valence-electron chi connectivity index (χ4n) is 1.40. The van der Waals surface area contributed by atoms with Gasteiger partial charge in [0.2, 0.25) is 0 Å². The van der Waals surface area contributed by atoms with E-state index in [2.05, 4.69) is 15.9 Å². The fourth-order valence-corrected chi connectivity index (χ4v) is 4.00. The summed E-state index contributed by atoms with van der Waals surface area (Å²) in [6, 6.07) is 2.50. The van der Waals surface area contributed by atoms with Gasteiger partial charge in [-0.2, -0.15) is 0 Å². The zero-order chi connectivity index (χ0) is 13.8. The van der Waals surface area contributed by atoms with Crippen molar-refractivity contribution in [3.05, 3.63) is 22.4 Å². The van der Waals surface area contributed by atoms with Crippen molar-refractivity contribution in [3.8, 4) is 5.75 Å². The minimum Gasteiger partial charge on any atom is -0.494 e. The molecule has 0 aliphatic carbocycles. The Balaban J connectivity index is 3.29. The van der Waals surface area contributed by atoms with Crippen molar-refractivity contribution in [2.75, 3.05) is 20.3 Å². The van der Waals surface area contributed by atoms with Gasteiger partial charge in [-0.3, -0.25) is 4.57 Å². The van der Waals surface area contributed by atoms with Crippen LogP contribution in [0, 0.1) is 5.82 Å². The molecule has 0 saturated carbocycles. The first-order valence-corrected chi connectivity index (χ1v) is 7.74. The molecule has 102 valence electrons. The topological polar surface area (TPSA) is 44.8 Å². The maximum Gasteiger partial charge on any atom is 0.362 e. The number of halogens is 2. The highest BCUT2D eigenvalue weighted by atomic mass is 79.9. The normalized spacial score (nSPS) is 11.6. The van der Waals surface area contributed by atoms with Crippen LogP contribution in [0.1, 0.15) is 13.8 Å². The van der Waals surface area contributed by atoms with Gasteiger partial charge in [-0.15, -0.1) is 0 Å². The number of ether oxygens (including phenoxy) is 1. The Kier molecular flexibility index (Phi) is 5.79. The summed E-state index contributed by atoms with van der Waals surface area (Å²) in [6.07, 6.45) is 0. The van der Waals surface area contributed by atoms with E-state index in [1.807, 2.05) is 0 Å². The van der Waals surface area contributed by atoms with Gasteiger partial charge in [0.15, 0.2) is 11.6 Å². The summed E-state index contributed by atoms with van der Waals surface area (Å²) in [7, 11) is -2.15. The van der Waals surface area contributed by atoms with E-state index in [-0.39, 0.29) is 24.3 Å². The van der Waals surface area contributed by atoms with Crippen LogP contribution in [0.4, 0.5) is 4.39 Å². The van der Waals surface area contributed by atoms with Crippen LogP contribution >= 0.6 is 23.5 Å². The first-order chi connectivity index (χ1) is 8.48. The lowest BCUT2D eigenvalue weighted by molar-refractivity contribution is 0.229. The average molecular weight is 341 g/mol. The molecule has 4 nitrogen and oxygen atoms in total. The minimum absolute atomic E-state index is 0.0603. The Labute approximate surface area is 114 Å². The van der Waals surface area contributed by atoms with Gasteiger partial charge in [-0.1, -0.05) is 0 Å². The van der Waals surface area contributed by atoms with Gasteiger partial charge >= 0.3 is 7.60 Å². The van der Waals surface area contributed by atoms with E-state index in [1.165, 1.54) is 13.2 Å². The molecule has 0 saturated heterocycles. The number of rotatable bonds is 6. The lowest BCUT2D eigenvalue weighted by Crippen LogP contribution is -2.13. The second-order valence-electron chi connectivity index (χ2n) is 3.27. The van der Waals surface area contributed by atoms with Crippen molar-refractivity contribution >= 4 is 28.8 Å². The van der Waals surface area contributed by atoms with Crippen molar-refractivity contribution < 1.29 is 22.7 Å². The third-order valence-electron chi connectivity index (χ3n) is 2.11. The van der Waals surface area contributed by atoms with E-state index < -0.39 is 13.4 Å². The van der Waals surface area contributed by atoms with Crippen LogP contribution in [0.15, 0.2) is 16.6 Å². The Morgan fingerprint density at radius 1 is 1.28 bits per heavy atom. The maximum atomic E-state index is 13.7. The molecule has 18 heavy (non-hydrogen) atoms. The highest BCUT2D eigenvalue weighted by molar-refractivity contribution is 9.10. The molecule has 1 aromatic rings. The molecule has 7 heteroatoms. The average Bonchev–Trinajstić information content (AvgIpc) is 2.32. The molecule has 0 aliphatic heterocycles. The van der Waals surface area contributed by atoms with Gasteiger partial charge in [0.25, 0.3) is 0 Å². The zero-order valence-corrected chi connectivity index (χ0v) is 12.9. The van der Waals surface area contributed by atoms with Crippen LogP contribution in [-0.4, -0.2) is 20.3 Å². The Bertz CT molecular complexity index is 457. The van der Waals surface area contributed by atoms with Crippen LogP contribution in [-0.2, 0) is 13.6 Å². The molecule has 1 aromatic carbocycles. The smallest absolute Gasteiger partial charge is 0.362 e. The molecule has 0 aliphatic rings. The first kappa shape index (κ1) is 15.6. The van der Waals surface area contributed by atoms with Gasteiger partial charge < -0.3 is 13.8 Å². The summed E-state index contributed by atoms with van der Waals surface area (Å²) in [4.78, 5) is 0. The summed E-state index contributed by atoms with van der Waals surface area (Å²) in [5.41, 5.74) is 0. The number of hydrogen-bond donors (Lipinski definition) is 0. The molecule has 0 heterocycles. The molecular weight excluding hydrogens is 326 g/mol. The molecule has 0 bridgehead atoms. The maximum absolute atomic E-state index is 13.7. The Morgan fingerprint density at radius 2 is 1.83 bits per heavy atom. The SMILES string of the molecule is CCOP(=O)(OCC)c1cc(F)c(OC)cc1Br. The van der Waals surface area contributed by atoms with E-state index in [0.29, 0.717) is 4.47 Å². The Hall–Kier alpha value is -0.420. The third kappa shape index (κ3) is 3.32. The first-order valence-electron chi connectivity index (χ1n) is 5.41. The van der Waals surface area contributed by atoms with Crippen LogP contribution in [0.25, 0.3) is 0 Å². The minimum atomic E-state index is -3.51. The second-order valence-corrected chi connectivity index (χ2v) is 6.12. The van der Waals surface area contributed by atoms with Crippen molar-refractivity contribution in [2.24, 2.45) is 0 Å². The molecule has 0 N–H and O–H groups in total. The third-order valence-corrected chi connectivity index (χ3v) is 5.23. The lowest BCUT2D eigenvalue weighted by atomic mass is 10.3. The van der Waals surface area contributed by atoms with Gasteiger partial charge in [0.05, 0.1) is 25.6 Å². The highest BCUT2D eigenvalue weighted by Gasteiger charge is 2.30. The highest BCUT2D eigenvalue weighted by Crippen LogP contribution is 2.49. The molecule has 0 unspecified atom stereocenters. The summed E-state index contributed by atoms with van der Waals surface area (Å²) >= 11 is 3.22. The summed E-state index contributed by atoms with van der Waals surface area (Å²) < 4.78 is 41.8. The summed E-state index contributed by atoms with van der Waals surface area (Å²) in [6.45, 7) is 3.80. The summed E-state index contributed by atoms with van der Waals surface area (Å²) in [5, 5.41) is 0.157. The molecule has 1 rings (SSSR count). The van der Waals surface area contributed by atoms with Gasteiger partial charge in [-0.05, 0) is 41.9 Å². The van der Waals surface area contributed by atoms with Gasteiger partial charge in [0.1, 0.15) is 0 Å². The predicted octanol–water partition coefficient (Wildman–Crippen LogP) is 3.49. The van der Waals surface area contributed by atoms with Crippen LogP contribution < -0.4 is 10.0 Å². The van der Waals surface area contributed by atoms with E-state index in [0.717, 1.165) is 6.07 Å². The largest absolute Gasteiger partial charge is 0.494 e. The van der Waals surface area contributed by atoms with E-state index in [4.69, 9.17) is 13.8 Å². The molecule has 0 spiro atoms. The molecule has 0 radical (unpaired) electrons. The second kappa shape index (κ2) is 6.66. The van der Waals surface area contributed by atoms with Gasteiger partial charge in [0, 0.05) is 4.47 Å². The summed E-state index contributed by atoms with van der Waals surface area (Å²) in [5.74, 6) is -0.555. The van der Waals surface area contributed by atoms with E-state index >= 15 is 0 Å². The standard InChI is InChI=1S/C11H15BrFO4P/c1-4-16-18(14,17-5-2)11-7-9(13)10(15-3)6-8(11)12/h6-7H,4-5H2,1-3H3. The molecule has 0 amide bonds. The monoisotopic (exact) mass is 340 g/mol. The van der Waals surface area contributed by atoms with Crippen LogP contribution in [0.5, 0.6) is 5.75 Å². The number of methoxy groups -OCH3 is 1. The van der Waals surface area contributed by atoms with E-state index in [9.17, 15) is 8.96 Å². The molecule has 0 fully saturated rings. The molecule has 0 aromatic heterocycles. The van der Waals surface area contributed by atoms with Gasteiger partial charge in [-0.25, -0.2) is 4.39 Å². The quantitative estimate of drug-likeness (QED) is 0.743. The fraction of sp³-hybridized carbons (Fsp3) is 0.455. The van der Waals surface area contributed by atoms with Crippen molar-refractivity contribution in [2.45, 2.75) is 13.8 Å². The van der Waals surface area contributed by atoms with E-state index in [1.54, 1.807) is 13.8 Å². The van der Waals surface area contributed by atoms with Crippen molar-refractivity contribution in [3.63, 3.8) is 0 Å². The predicted molar refractivity (Wildman–Crippen MR) is 71.1 cm³/mol.